The summed E-state index contributed by atoms with van der Waals surface area (Å²) < 4.78 is 1.78. The van der Waals surface area contributed by atoms with Gasteiger partial charge in [-0.1, -0.05) is 5.21 Å². The number of amides is 1. The van der Waals surface area contributed by atoms with Gasteiger partial charge in [-0.2, -0.15) is 0 Å². The molecule has 2 aliphatic rings. The van der Waals surface area contributed by atoms with Gasteiger partial charge in [-0.05, 0) is 25.9 Å². The molecule has 0 atom stereocenters. The fourth-order valence-electron chi connectivity index (χ4n) is 2.90. The minimum absolute atomic E-state index is 0.0610. The van der Waals surface area contributed by atoms with Gasteiger partial charge in [-0.15, -0.1) is 5.10 Å². The highest BCUT2D eigenvalue weighted by Gasteiger charge is 2.33. The highest BCUT2D eigenvalue weighted by atomic mass is 16.4. The Morgan fingerprint density at radius 3 is 2.71 bits per heavy atom. The van der Waals surface area contributed by atoms with Crippen LogP contribution in [-0.4, -0.2) is 63.1 Å². The second kappa shape index (κ2) is 5.80. The largest absolute Gasteiger partial charge is 0.481 e. The molecule has 21 heavy (non-hydrogen) atoms. The van der Waals surface area contributed by atoms with Gasteiger partial charge < -0.3 is 15.3 Å². The second-order valence-corrected chi connectivity index (χ2v) is 5.74. The Labute approximate surface area is 122 Å². The van der Waals surface area contributed by atoms with E-state index in [1.54, 1.807) is 15.8 Å². The fraction of sp³-hybridized carbons (Fsp3) is 0.692. The highest BCUT2D eigenvalue weighted by Crippen LogP contribution is 2.22. The molecule has 0 aromatic carbocycles. The molecule has 2 fully saturated rings. The smallest absolute Gasteiger partial charge is 0.303 e. The first-order valence-electron chi connectivity index (χ1n) is 7.27. The Kier molecular flexibility index (Phi) is 3.87. The summed E-state index contributed by atoms with van der Waals surface area (Å²) in [4.78, 5) is 24.4. The first-order valence-corrected chi connectivity index (χ1v) is 7.27. The van der Waals surface area contributed by atoms with Crippen LogP contribution in [0.5, 0.6) is 0 Å². The average Bonchev–Trinajstić information content (AvgIpc) is 2.92. The van der Waals surface area contributed by atoms with E-state index in [1.165, 1.54) is 0 Å². The molecule has 0 spiro atoms. The molecule has 2 saturated heterocycles. The third-order valence-corrected chi connectivity index (χ3v) is 4.12. The summed E-state index contributed by atoms with van der Waals surface area (Å²) in [6, 6.07) is 0.302. The van der Waals surface area contributed by atoms with E-state index in [-0.39, 0.29) is 18.2 Å². The van der Waals surface area contributed by atoms with Gasteiger partial charge in [0.05, 0.1) is 18.7 Å². The molecule has 3 rings (SSSR count). The van der Waals surface area contributed by atoms with E-state index in [4.69, 9.17) is 5.11 Å². The third-order valence-electron chi connectivity index (χ3n) is 4.12. The molecule has 114 valence electrons. The Balaban J connectivity index is 1.56. The maximum absolute atomic E-state index is 12.2. The van der Waals surface area contributed by atoms with Gasteiger partial charge in [0.2, 0.25) is 0 Å². The summed E-state index contributed by atoms with van der Waals surface area (Å²) in [5.41, 5.74) is 0.349. The summed E-state index contributed by atoms with van der Waals surface area (Å²) in [5, 5.41) is 20.0. The Bertz CT molecular complexity index is 532. The number of likely N-dealkylation sites (tertiary alicyclic amines) is 1. The lowest BCUT2D eigenvalue weighted by molar-refractivity contribution is -0.139. The molecule has 1 aromatic rings. The van der Waals surface area contributed by atoms with Gasteiger partial charge in [0.15, 0.2) is 5.69 Å². The predicted molar refractivity (Wildman–Crippen MR) is 72.8 cm³/mol. The molecule has 0 aliphatic carbocycles. The van der Waals surface area contributed by atoms with Crippen molar-refractivity contribution in [2.75, 3.05) is 26.2 Å². The van der Waals surface area contributed by atoms with Crippen molar-refractivity contribution in [3.05, 3.63) is 11.9 Å². The van der Waals surface area contributed by atoms with Crippen LogP contribution < -0.4 is 5.32 Å². The van der Waals surface area contributed by atoms with Crippen molar-refractivity contribution in [3.8, 4) is 0 Å². The number of piperidine rings is 1. The number of carboxylic acids is 1. The molecule has 1 amide bonds. The highest BCUT2D eigenvalue weighted by molar-refractivity contribution is 5.92. The number of carboxylic acid groups (broad SMARTS) is 1. The van der Waals surface area contributed by atoms with E-state index in [0.29, 0.717) is 24.8 Å². The number of hydrogen-bond acceptors (Lipinski definition) is 5. The van der Waals surface area contributed by atoms with Crippen molar-refractivity contribution in [1.82, 2.24) is 25.2 Å². The van der Waals surface area contributed by atoms with Crippen molar-refractivity contribution in [2.45, 2.75) is 25.3 Å². The first-order chi connectivity index (χ1) is 10.1. The number of nitrogens with one attached hydrogen (secondary N) is 1. The normalized spacial score (nSPS) is 20.3. The maximum Gasteiger partial charge on any atom is 0.303 e. The van der Waals surface area contributed by atoms with Gasteiger partial charge >= 0.3 is 5.97 Å². The summed E-state index contributed by atoms with van der Waals surface area (Å²) in [7, 11) is 0. The lowest BCUT2D eigenvalue weighted by atomic mass is 9.96. The summed E-state index contributed by atoms with van der Waals surface area (Å²) >= 11 is 0. The number of rotatable bonds is 4. The Hall–Kier alpha value is -1.96. The van der Waals surface area contributed by atoms with Crippen molar-refractivity contribution < 1.29 is 14.7 Å². The first kappa shape index (κ1) is 14.0. The zero-order valence-corrected chi connectivity index (χ0v) is 11.7. The van der Waals surface area contributed by atoms with E-state index < -0.39 is 5.97 Å². The maximum atomic E-state index is 12.2. The molecular weight excluding hydrogens is 274 g/mol. The van der Waals surface area contributed by atoms with E-state index in [0.717, 1.165) is 25.9 Å². The summed E-state index contributed by atoms with van der Waals surface area (Å²) in [5.74, 6) is -0.910. The second-order valence-electron chi connectivity index (χ2n) is 5.74. The van der Waals surface area contributed by atoms with Crippen molar-refractivity contribution in [1.29, 1.82) is 0 Å². The van der Waals surface area contributed by atoms with Crippen LogP contribution >= 0.6 is 0 Å². The lowest BCUT2D eigenvalue weighted by Gasteiger charge is -2.37. The molecule has 2 aliphatic heterocycles. The lowest BCUT2D eigenvalue weighted by Crippen LogP contribution is -2.50. The number of aliphatic carboxylic acids is 1. The fourth-order valence-corrected chi connectivity index (χ4v) is 2.90. The Morgan fingerprint density at radius 2 is 2.05 bits per heavy atom. The van der Waals surface area contributed by atoms with E-state index in [1.807, 2.05) is 0 Å². The van der Waals surface area contributed by atoms with Gasteiger partial charge in [-0.3, -0.25) is 9.59 Å². The number of hydrogen-bond donors (Lipinski definition) is 2. The van der Waals surface area contributed by atoms with Gasteiger partial charge in [0.25, 0.3) is 5.91 Å². The van der Waals surface area contributed by atoms with Gasteiger partial charge in [0.1, 0.15) is 0 Å². The molecule has 0 bridgehead atoms. The van der Waals surface area contributed by atoms with Crippen LogP contribution in [0, 0.1) is 5.92 Å². The number of aromatic nitrogens is 3. The van der Waals surface area contributed by atoms with Crippen LogP contribution in [0.1, 0.15) is 35.8 Å². The van der Waals surface area contributed by atoms with Crippen LogP contribution in [0.2, 0.25) is 0 Å². The van der Waals surface area contributed by atoms with Crippen LogP contribution in [0.15, 0.2) is 6.20 Å². The van der Waals surface area contributed by atoms with Gasteiger partial charge in [-0.25, -0.2) is 4.68 Å². The van der Waals surface area contributed by atoms with Crippen molar-refractivity contribution in [2.24, 2.45) is 5.92 Å². The molecule has 8 nitrogen and oxygen atoms in total. The molecule has 3 heterocycles. The third kappa shape index (κ3) is 3.05. The zero-order chi connectivity index (χ0) is 14.8. The topological polar surface area (TPSA) is 100 Å². The number of carbonyl (C=O) groups excluding carboxylic acids is 1. The monoisotopic (exact) mass is 293 g/mol. The molecule has 0 unspecified atom stereocenters. The molecule has 8 heteroatoms. The van der Waals surface area contributed by atoms with E-state index in [2.05, 4.69) is 15.6 Å². The van der Waals surface area contributed by atoms with Crippen LogP contribution in [0.25, 0.3) is 0 Å². The quantitative estimate of drug-likeness (QED) is 0.794. The average molecular weight is 293 g/mol. The van der Waals surface area contributed by atoms with E-state index in [9.17, 15) is 9.59 Å². The standard InChI is InChI=1S/C13H19N5O3/c19-12(20)5-9-6-17(7-9)13(21)11-8-18(16-15-11)10-1-3-14-4-2-10/h8-10,14H,1-7H2,(H,19,20). The molecule has 1 aromatic heterocycles. The van der Waals surface area contributed by atoms with Crippen molar-refractivity contribution in [3.63, 3.8) is 0 Å². The molecule has 2 N–H and O–H groups in total. The predicted octanol–water partition coefficient (Wildman–Crippen LogP) is -0.251. The van der Waals surface area contributed by atoms with Crippen LogP contribution in [0.4, 0.5) is 0 Å². The SMILES string of the molecule is O=C(O)CC1CN(C(=O)c2cn(C3CCNCC3)nn2)C1. The molecule has 0 radical (unpaired) electrons. The van der Waals surface area contributed by atoms with Crippen molar-refractivity contribution >= 4 is 11.9 Å². The zero-order valence-electron chi connectivity index (χ0n) is 11.7. The summed E-state index contributed by atoms with van der Waals surface area (Å²) in [6.07, 6.45) is 3.80. The summed E-state index contributed by atoms with van der Waals surface area (Å²) in [6.45, 7) is 2.89. The molecule has 0 saturated carbocycles. The van der Waals surface area contributed by atoms with Gasteiger partial charge in [0, 0.05) is 19.0 Å². The minimum atomic E-state index is -0.816. The van der Waals surface area contributed by atoms with E-state index >= 15 is 0 Å². The van der Waals surface area contributed by atoms with Crippen LogP contribution in [0.3, 0.4) is 0 Å². The molecular formula is C13H19N5O3. The Morgan fingerprint density at radius 1 is 1.33 bits per heavy atom. The van der Waals surface area contributed by atoms with Crippen LogP contribution in [-0.2, 0) is 4.79 Å². The number of nitrogens with zero attached hydrogens (tertiary/aromatic N) is 4. The number of carbonyl (C=O) groups is 2. The minimum Gasteiger partial charge on any atom is -0.481 e.